The van der Waals surface area contributed by atoms with Crippen molar-refractivity contribution in [3.05, 3.63) is 25.0 Å². The van der Waals surface area contributed by atoms with Crippen LogP contribution in [0.25, 0.3) is 0 Å². The summed E-state index contributed by atoms with van der Waals surface area (Å²) >= 11 is 0. The highest BCUT2D eigenvalue weighted by Gasteiger charge is 2.36. The molecule has 2 nitrogen and oxygen atoms in total. The lowest BCUT2D eigenvalue weighted by molar-refractivity contribution is 0.288. The zero-order chi connectivity index (χ0) is 11.9. The van der Waals surface area contributed by atoms with Crippen molar-refractivity contribution in [3.63, 3.8) is 0 Å². The van der Waals surface area contributed by atoms with Gasteiger partial charge >= 0.3 is 0 Å². The van der Waals surface area contributed by atoms with E-state index in [-0.39, 0.29) is 5.04 Å². The van der Waals surface area contributed by atoms with Gasteiger partial charge in [0.25, 0.3) is 0 Å². The molecule has 0 saturated heterocycles. The molecule has 0 atom stereocenters. The third-order valence-electron chi connectivity index (χ3n) is 2.82. The fraction of sp³-hybridized carbons (Fsp3) is 0.667. The highest BCUT2D eigenvalue weighted by molar-refractivity contribution is 6.74. The first-order valence-electron chi connectivity index (χ1n) is 5.33. The van der Waals surface area contributed by atoms with E-state index >= 15 is 0 Å². The monoisotopic (exact) mass is 228 g/mol. The molecule has 0 rings (SSSR count). The zero-order valence-electron chi connectivity index (χ0n) is 10.7. The van der Waals surface area contributed by atoms with E-state index in [2.05, 4.69) is 40.4 Å². The Morgan fingerprint density at radius 3 is 2.13 bits per heavy atom. The quantitative estimate of drug-likeness (QED) is 0.298. The second-order valence-electron chi connectivity index (χ2n) is 5.04. The minimum atomic E-state index is -1.59. The Balaban J connectivity index is 3.85. The van der Waals surface area contributed by atoms with Crippen LogP contribution >= 0.6 is 0 Å². The van der Waals surface area contributed by atoms with Gasteiger partial charge in [-0.15, -0.1) is 0 Å². The fourth-order valence-electron chi connectivity index (χ4n) is 0.733. The van der Waals surface area contributed by atoms with E-state index in [0.29, 0.717) is 13.2 Å². The molecule has 3 heteroatoms. The van der Waals surface area contributed by atoms with E-state index in [4.69, 9.17) is 9.16 Å². The van der Waals surface area contributed by atoms with Gasteiger partial charge in [-0.05, 0) is 24.2 Å². The molecule has 0 aliphatic carbocycles. The molecule has 15 heavy (non-hydrogen) atoms. The summed E-state index contributed by atoms with van der Waals surface area (Å²) in [5.74, 6) is 0. The average Bonchev–Trinajstić information content (AvgIpc) is 2.09. The molecule has 0 aliphatic heterocycles. The maximum absolute atomic E-state index is 5.94. The molecule has 0 spiro atoms. The summed E-state index contributed by atoms with van der Waals surface area (Å²) in [6.45, 7) is 15.9. The van der Waals surface area contributed by atoms with E-state index in [0.717, 1.165) is 0 Å². The minimum absolute atomic E-state index is 0.276. The van der Waals surface area contributed by atoms with Crippen molar-refractivity contribution < 1.29 is 9.16 Å². The van der Waals surface area contributed by atoms with Gasteiger partial charge in [0, 0.05) is 0 Å². The first kappa shape index (κ1) is 14.5. The van der Waals surface area contributed by atoms with E-state index < -0.39 is 8.32 Å². The van der Waals surface area contributed by atoms with Crippen LogP contribution < -0.4 is 0 Å². The third-order valence-corrected chi connectivity index (χ3v) is 7.32. The lowest BCUT2D eigenvalue weighted by Crippen LogP contribution is -2.40. The van der Waals surface area contributed by atoms with Crippen molar-refractivity contribution >= 4 is 8.32 Å². The minimum Gasteiger partial charge on any atom is -0.498 e. The van der Waals surface area contributed by atoms with E-state index in [1.54, 1.807) is 0 Å². The second-order valence-corrected chi connectivity index (χ2v) is 9.85. The van der Waals surface area contributed by atoms with Gasteiger partial charge in [0.15, 0.2) is 8.32 Å². The maximum Gasteiger partial charge on any atom is 0.192 e. The summed E-state index contributed by atoms with van der Waals surface area (Å²) in [5.41, 5.74) is 0. The Kier molecular flexibility index (Phi) is 5.91. The molecule has 0 heterocycles. The summed E-state index contributed by atoms with van der Waals surface area (Å²) < 4.78 is 10.9. The van der Waals surface area contributed by atoms with Crippen molar-refractivity contribution in [1.82, 2.24) is 0 Å². The number of rotatable bonds is 6. The van der Waals surface area contributed by atoms with Crippen molar-refractivity contribution in [2.75, 3.05) is 13.2 Å². The molecule has 0 aromatic rings. The van der Waals surface area contributed by atoms with Crippen LogP contribution in [0.2, 0.25) is 18.1 Å². The van der Waals surface area contributed by atoms with Gasteiger partial charge in [-0.1, -0.05) is 33.4 Å². The Bertz CT molecular complexity index is 214. The molecule has 0 fully saturated rings. The Hall–Kier alpha value is -0.543. The van der Waals surface area contributed by atoms with Crippen molar-refractivity contribution in [2.45, 2.75) is 38.9 Å². The van der Waals surface area contributed by atoms with Crippen molar-refractivity contribution in [3.8, 4) is 0 Å². The predicted molar refractivity (Wildman–Crippen MR) is 68.4 cm³/mol. The predicted octanol–water partition coefficient (Wildman–Crippen LogP) is 3.72. The lowest BCUT2D eigenvalue weighted by Gasteiger charge is -2.35. The van der Waals surface area contributed by atoms with Gasteiger partial charge in [-0.2, -0.15) is 0 Å². The van der Waals surface area contributed by atoms with Crippen LogP contribution in [0.4, 0.5) is 0 Å². The van der Waals surface area contributed by atoms with Crippen LogP contribution in [-0.2, 0) is 9.16 Å². The van der Waals surface area contributed by atoms with Gasteiger partial charge in [-0.3, -0.25) is 0 Å². The van der Waals surface area contributed by atoms with Crippen molar-refractivity contribution in [2.24, 2.45) is 0 Å². The smallest absolute Gasteiger partial charge is 0.192 e. The number of hydrogen-bond acceptors (Lipinski definition) is 2. The van der Waals surface area contributed by atoms with Gasteiger partial charge in [-0.25, -0.2) is 0 Å². The summed E-state index contributed by atoms with van der Waals surface area (Å²) in [6.07, 6.45) is 5.40. The molecule has 0 amide bonds. The summed E-state index contributed by atoms with van der Waals surface area (Å²) in [4.78, 5) is 0. The maximum atomic E-state index is 5.94. The fourth-order valence-corrected chi connectivity index (χ4v) is 1.68. The number of hydrogen-bond donors (Lipinski definition) is 0. The Labute approximate surface area is 95.1 Å². The lowest BCUT2D eigenvalue weighted by atomic mass is 10.2. The van der Waals surface area contributed by atoms with Crippen LogP contribution in [0, 0.1) is 0 Å². The van der Waals surface area contributed by atoms with E-state index in [1.807, 2.05) is 12.2 Å². The van der Waals surface area contributed by atoms with Crippen LogP contribution in [0.15, 0.2) is 25.0 Å². The highest BCUT2D eigenvalue weighted by atomic mass is 28.4. The molecular weight excluding hydrogens is 204 g/mol. The molecule has 0 aliphatic rings. The zero-order valence-corrected chi connectivity index (χ0v) is 11.7. The molecular formula is C12H24O2Si. The van der Waals surface area contributed by atoms with Crippen LogP contribution in [0.1, 0.15) is 20.8 Å². The van der Waals surface area contributed by atoms with Gasteiger partial charge in [0.2, 0.25) is 0 Å². The third kappa shape index (κ3) is 5.80. The topological polar surface area (TPSA) is 18.5 Å². The van der Waals surface area contributed by atoms with Gasteiger partial charge in [0.1, 0.15) is 6.61 Å². The first-order valence-corrected chi connectivity index (χ1v) is 8.23. The molecule has 0 unspecified atom stereocenters. The average molecular weight is 228 g/mol. The van der Waals surface area contributed by atoms with E-state index in [9.17, 15) is 0 Å². The molecule has 0 bridgehead atoms. The van der Waals surface area contributed by atoms with Gasteiger partial charge in [0.05, 0.1) is 12.9 Å². The largest absolute Gasteiger partial charge is 0.498 e. The standard InChI is InChI=1S/C12H24O2Si/c1-7-13-10-8-9-11-14-15(5,6)12(2,3)4/h7-9H,1,10-11H2,2-6H3/b9-8-. The summed E-state index contributed by atoms with van der Waals surface area (Å²) in [7, 11) is -1.59. The molecule has 0 aromatic heterocycles. The first-order chi connectivity index (χ1) is 6.81. The van der Waals surface area contributed by atoms with Gasteiger partial charge < -0.3 is 9.16 Å². The molecule has 0 N–H and O–H groups in total. The SMILES string of the molecule is C=COC/C=C\CO[Si](C)(C)C(C)(C)C. The summed E-state index contributed by atoms with van der Waals surface area (Å²) in [6, 6.07) is 0. The van der Waals surface area contributed by atoms with Crippen molar-refractivity contribution in [1.29, 1.82) is 0 Å². The molecule has 0 radical (unpaired) electrons. The van der Waals surface area contributed by atoms with Crippen LogP contribution in [0.5, 0.6) is 0 Å². The highest BCUT2D eigenvalue weighted by Crippen LogP contribution is 2.36. The molecule has 0 saturated carbocycles. The number of ether oxygens (including phenoxy) is 1. The van der Waals surface area contributed by atoms with E-state index in [1.165, 1.54) is 6.26 Å². The van der Waals surface area contributed by atoms with Crippen LogP contribution in [0.3, 0.4) is 0 Å². The molecule has 88 valence electrons. The second kappa shape index (κ2) is 6.13. The summed E-state index contributed by atoms with van der Waals surface area (Å²) in [5, 5.41) is 0.276. The molecule has 0 aromatic carbocycles. The Morgan fingerprint density at radius 1 is 1.13 bits per heavy atom. The Morgan fingerprint density at radius 2 is 1.67 bits per heavy atom. The normalized spacial score (nSPS) is 13.1. The van der Waals surface area contributed by atoms with Crippen LogP contribution in [-0.4, -0.2) is 21.5 Å².